The predicted octanol–water partition coefficient (Wildman–Crippen LogP) is 4.18. The monoisotopic (exact) mass is 281 g/mol. The summed E-state index contributed by atoms with van der Waals surface area (Å²) in [6.45, 7) is 1.81. The molecule has 0 saturated heterocycles. The summed E-state index contributed by atoms with van der Waals surface area (Å²) in [6.07, 6.45) is 0. The zero-order chi connectivity index (χ0) is 14.7. The van der Waals surface area contributed by atoms with E-state index in [1.165, 1.54) is 30.3 Å². The van der Waals surface area contributed by atoms with E-state index in [0.29, 0.717) is 5.56 Å². The van der Waals surface area contributed by atoms with Crippen molar-refractivity contribution in [2.75, 3.05) is 7.05 Å². The Balaban J connectivity index is 2.40. The smallest absolute Gasteiger partial charge is 0.201 e. The van der Waals surface area contributed by atoms with Crippen molar-refractivity contribution in [1.82, 2.24) is 5.32 Å². The number of hydrogen-bond donors (Lipinski definition) is 1. The molecule has 0 saturated carbocycles. The maximum atomic E-state index is 13.6. The fraction of sp³-hybridized carbons (Fsp3) is 0.200. The van der Waals surface area contributed by atoms with E-state index in [0.717, 1.165) is 6.07 Å². The molecule has 1 N–H and O–H groups in total. The van der Waals surface area contributed by atoms with Crippen LogP contribution in [0.1, 0.15) is 18.5 Å². The summed E-state index contributed by atoms with van der Waals surface area (Å²) in [6, 6.07) is 7.37. The van der Waals surface area contributed by atoms with Gasteiger partial charge in [-0.05, 0) is 44.3 Å². The van der Waals surface area contributed by atoms with Crippen LogP contribution in [0, 0.1) is 17.5 Å². The number of hydrogen-bond acceptors (Lipinski definition) is 2. The molecule has 0 aromatic heterocycles. The van der Waals surface area contributed by atoms with Gasteiger partial charge in [0.25, 0.3) is 0 Å². The van der Waals surface area contributed by atoms with Crippen molar-refractivity contribution in [3.8, 4) is 11.5 Å². The highest BCUT2D eigenvalue weighted by Gasteiger charge is 2.15. The minimum absolute atomic E-state index is 0.197. The highest BCUT2D eigenvalue weighted by molar-refractivity contribution is 5.40. The van der Waals surface area contributed by atoms with Gasteiger partial charge < -0.3 is 10.1 Å². The first-order chi connectivity index (χ1) is 9.52. The van der Waals surface area contributed by atoms with Crippen LogP contribution in [0.4, 0.5) is 13.2 Å². The molecule has 2 rings (SSSR count). The van der Waals surface area contributed by atoms with E-state index >= 15 is 0 Å². The van der Waals surface area contributed by atoms with Crippen LogP contribution in [-0.4, -0.2) is 7.05 Å². The summed E-state index contributed by atoms with van der Waals surface area (Å²) < 4.78 is 45.4. The summed E-state index contributed by atoms with van der Waals surface area (Å²) in [5.74, 6) is -2.44. The van der Waals surface area contributed by atoms with Crippen LogP contribution >= 0.6 is 0 Å². The van der Waals surface area contributed by atoms with Gasteiger partial charge in [0.2, 0.25) is 5.82 Å². The standard InChI is InChI=1S/C15H14F3NO/c1-9(19-2)11-8-10(16)6-7-13(11)20-14-5-3-4-12(17)15(14)18/h3-9,19H,1-2H3. The normalized spacial score (nSPS) is 12.2. The van der Waals surface area contributed by atoms with Crippen molar-refractivity contribution in [3.63, 3.8) is 0 Å². The third-order valence-corrected chi connectivity index (χ3v) is 3.01. The maximum absolute atomic E-state index is 13.6. The third kappa shape index (κ3) is 2.93. The summed E-state index contributed by atoms with van der Waals surface area (Å²) >= 11 is 0. The van der Waals surface area contributed by atoms with Gasteiger partial charge in [-0.25, -0.2) is 8.78 Å². The van der Waals surface area contributed by atoms with Gasteiger partial charge in [-0.15, -0.1) is 0 Å². The summed E-state index contributed by atoms with van der Waals surface area (Å²) in [7, 11) is 1.71. The van der Waals surface area contributed by atoms with Gasteiger partial charge in [0.05, 0.1) is 0 Å². The fourth-order valence-corrected chi connectivity index (χ4v) is 1.79. The van der Waals surface area contributed by atoms with Crippen molar-refractivity contribution >= 4 is 0 Å². The van der Waals surface area contributed by atoms with E-state index in [1.54, 1.807) is 7.05 Å². The first kappa shape index (κ1) is 14.4. The van der Waals surface area contributed by atoms with Crippen molar-refractivity contribution < 1.29 is 17.9 Å². The lowest BCUT2D eigenvalue weighted by atomic mass is 10.1. The maximum Gasteiger partial charge on any atom is 0.201 e. The predicted molar refractivity (Wildman–Crippen MR) is 70.3 cm³/mol. The molecular formula is C15H14F3NO. The molecule has 0 aliphatic rings. The fourth-order valence-electron chi connectivity index (χ4n) is 1.79. The second kappa shape index (κ2) is 5.96. The molecule has 0 bridgehead atoms. The van der Waals surface area contributed by atoms with E-state index < -0.39 is 17.5 Å². The average Bonchev–Trinajstić information content (AvgIpc) is 2.44. The second-order valence-electron chi connectivity index (χ2n) is 4.35. The number of nitrogens with one attached hydrogen (secondary N) is 1. The lowest BCUT2D eigenvalue weighted by Gasteiger charge is -2.16. The molecular weight excluding hydrogens is 267 g/mol. The summed E-state index contributed by atoms with van der Waals surface area (Å²) in [5.41, 5.74) is 0.524. The van der Waals surface area contributed by atoms with Gasteiger partial charge in [-0.3, -0.25) is 0 Å². The Labute approximate surface area is 115 Å². The molecule has 0 fully saturated rings. The molecule has 2 aromatic carbocycles. The van der Waals surface area contributed by atoms with Crippen molar-refractivity contribution in [1.29, 1.82) is 0 Å². The second-order valence-corrected chi connectivity index (χ2v) is 4.35. The van der Waals surface area contributed by atoms with E-state index in [9.17, 15) is 13.2 Å². The van der Waals surface area contributed by atoms with E-state index in [4.69, 9.17) is 4.74 Å². The average molecular weight is 281 g/mol. The Bertz CT molecular complexity index is 616. The lowest BCUT2D eigenvalue weighted by Crippen LogP contribution is -2.13. The largest absolute Gasteiger partial charge is 0.454 e. The van der Waals surface area contributed by atoms with Crippen molar-refractivity contribution in [2.45, 2.75) is 13.0 Å². The first-order valence-corrected chi connectivity index (χ1v) is 6.11. The zero-order valence-electron chi connectivity index (χ0n) is 11.1. The minimum atomic E-state index is -1.07. The van der Waals surface area contributed by atoms with Gasteiger partial charge in [-0.2, -0.15) is 4.39 Å². The van der Waals surface area contributed by atoms with Gasteiger partial charge in [0, 0.05) is 11.6 Å². The number of ether oxygens (including phenoxy) is 1. The van der Waals surface area contributed by atoms with Gasteiger partial charge in [-0.1, -0.05) is 6.07 Å². The molecule has 0 amide bonds. The van der Waals surface area contributed by atoms with E-state index in [2.05, 4.69) is 5.32 Å². The van der Waals surface area contributed by atoms with Crippen LogP contribution in [0.15, 0.2) is 36.4 Å². The molecule has 0 radical (unpaired) electrons. The van der Waals surface area contributed by atoms with Crippen molar-refractivity contribution in [3.05, 3.63) is 59.4 Å². The number of benzene rings is 2. The Hall–Kier alpha value is -2.01. The van der Waals surface area contributed by atoms with Crippen LogP contribution in [-0.2, 0) is 0 Å². The van der Waals surface area contributed by atoms with Crippen molar-refractivity contribution in [2.24, 2.45) is 0 Å². The minimum Gasteiger partial charge on any atom is -0.454 e. The molecule has 1 unspecified atom stereocenters. The molecule has 20 heavy (non-hydrogen) atoms. The molecule has 0 heterocycles. The summed E-state index contributed by atoms with van der Waals surface area (Å²) in [5, 5.41) is 2.95. The topological polar surface area (TPSA) is 21.3 Å². The van der Waals surface area contributed by atoms with E-state index in [1.807, 2.05) is 6.92 Å². The number of rotatable bonds is 4. The molecule has 0 aliphatic heterocycles. The molecule has 1 atom stereocenters. The first-order valence-electron chi connectivity index (χ1n) is 6.11. The third-order valence-electron chi connectivity index (χ3n) is 3.01. The Morgan fingerprint density at radius 3 is 2.50 bits per heavy atom. The van der Waals surface area contributed by atoms with Gasteiger partial charge in [0.1, 0.15) is 11.6 Å². The van der Waals surface area contributed by atoms with E-state index in [-0.39, 0.29) is 17.5 Å². The highest BCUT2D eigenvalue weighted by atomic mass is 19.2. The van der Waals surface area contributed by atoms with Crippen LogP contribution < -0.4 is 10.1 Å². The Morgan fingerprint density at radius 1 is 1.05 bits per heavy atom. The van der Waals surface area contributed by atoms with Gasteiger partial charge in [0.15, 0.2) is 11.6 Å². The highest BCUT2D eigenvalue weighted by Crippen LogP contribution is 2.32. The van der Waals surface area contributed by atoms with Crippen LogP contribution in [0.2, 0.25) is 0 Å². The molecule has 0 aliphatic carbocycles. The molecule has 0 spiro atoms. The van der Waals surface area contributed by atoms with Crippen LogP contribution in [0.5, 0.6) is 11.5 Å². The Morgan fingerprint density at radius 2 is 1.80 bits per heavy atom. The Kier molecular flexibility index (Phi) is 4.29. The van der Waals surface area contributed by atoms with Crippen LogP contribution in [0.3, 0.4) is 0 Å². The SMILES string of the molecule is CNC(C)c1cc(F)ccc1Oc1cccc(F)c1F. The zero-order valence-corrected chi connectivity index (χ0v) is 11.1. The number of halogens is 3. The molecule has 106 valence electrons. The quantitative estimate of drug-likeness (QED) is 0.908. The molecule has 5 heteroatoms. The summed E-state index contributed by atoms with van der Waals surface area (Å²) in [4.78, 5) is 0. The molecule has 2 aromatic rings. The molecule has 2 nitrogen and oxygen atoms in total. The van der Waals surface area contributed by atoms with Crippen LogP contribution in [0.25, 0.3) is 0 Å². The lowest BCUT2D eigenvalue weighted by molar-refractivity contribution is 0.408. The van der Waals surface area contributed by atoms with Gasteiger partial charge >= 0.3 is 0 Å².